The van der Waals surface area contributed by atoms with Gasteiger partial charge in [0.15, 0.2) is 0 Å². The molecule has 3 aromatic carbocycles. The van der Waals surface area contributed by atoms with E-state index in [0.29, 0.717) is 47.0 Å². The van der Waals surface area contributed by atoms with E-state index in [0.717, 1.165) is 34.8 Å². The molecule has 10 heteroatoms. The first-order valence-corrected chi connectivity index (χ1v) is 14.1. The molecule has 0 aliphatic carbocycles. The highest BCUT2D eigenvalue weighted by Gasteiger charge is 2.30. The number of halogens is 3. The van der Waals surface area contributed by atoms with Crippen molar-refractivity contribution in [3.05, 3.63) is 125 Å². The third-order valence-corrected chi connectivity index (χ3v) is 7.73. The summed E-state index contributed by atoms with van der Waals surface area (Å²) in [7, 11) is 0. The number of aromatic nitrogens is 3. The third-order valence-electron chi connectivity index (χ3n) is 7.73. The summed E-state index contributed by atoms with van der Waals surface area (Å²) < 4.78 is 41.0. The highest BCUT2D eigenvalue weighted by Crippen LogP contribution is 2.33. The average molecular weight is 596 g/mol. The van der Waals surface area contributed by atoms with Crippen molar-refractivity contribution in [2.45, 2.75) is 32.9 Å². The van der Waals surface area contributed by atoms with Crippen LogP contribution in [-0.4, -0.2) is 32.9 Å². The van der Waals surface area contributed by atoms with Gasteiger partial charge in [0.2, 0.25) is 11.9 Å². The summed E-state index contributed by atoms with van der Waals surface area (Å²) in [5.74, 6) is 0.0492. The average Bonchev–Trinajstić information content (AvgIpc) is 3.58. The van der Waals surface area contributed by atoms with E-state index in [2.05, 4.69) is 15.3 Å². The summed E-state index contributed by atoms with van der Waals surface area (Å²) in [6, 6.07) is 22.6. The molecule has 0 spiro atoms. The number of benzene rings is 3. The van der Waals surface area contributed by atoms with Crippen molar-refractivity contribution in [1.82, 2.24) is 14.5 Å². The summed E-state index contributed by atoms with van der Waals surface area (Å²) >= 11 is 0. The van der Waals surface area contributed by atoms with Crippen LogP contribution in [0.2, 0.25) is 0 Å². The van der Waals surface area contributed by atoms with Gasteiger partial charge in [-0.05, 0) is 91.6 Å². The topological polar surface area (TPSA) is 80.1 Å². The number of carbonyl (C=O) groups is 2. The highest BCUT2D eigenvalue weighted by atomic mass is 19.4. The zero-order chi connectivity index (χ0) is 31.0. The Bertz CT molecular complexity index is 1860. The Morgan fingerprint density at radius 3 is 2.36 bits per heavy atom. The van der Waals surface area contributed by atoms with Crippen molar-refractivity contribution >= 4 is 23.2 Å². The first kappa shape index (κ1) is 28.9. The molecule has 3 heterocycles. The van der Waals surface area contributed by atoms with Crippen LogP contribution in [0.25, 0.3) is 17.1 Å². The Balaban J connectivity index is 1.16. The number of alkyl halides is 3. The van der Waals surface area contributed by atoms with Crippen molar-refractivity contribution in [3.63, 3.8) is 0 Å². The summed E-state index contributed by atoms with van der Waals surface area (Å²) in [6.07, 6.45) is -2.03. The van der Waals surface area contributed by atoms with Gasteiger partial charge in [-0.15, -0.1) is 0 Å². The fourth-order valence-electron chi connectivity index (χ4n) is 5.53. The third kappa shape index (κ3) is 5.70. The standard InChI is InChI=1S/C34H28F3N5O2/c1-21-7-8-22(2)42(21)33-38-17-15-27(40-33)20-31(43)41-18-16-24-19-26(13-14-30(24)41)39-32(44)29-6-4-3-5-28(29)23-9-11-25(12-10-23)34(35,36)37/h3-15,17,19H,16,18,20H2,1-2H3,(H,39,44). The molecule has 1 aliphatic heterocycles. The van der Waals surface area contributed by atoms with Gasteiger partial charge in [-0.3, -0.25) is 14.2 Å². The van der Waals surface area contributed by atoms with E-state index in [1.807, 2.05) is 42.7 Å². The van der Waals surface area contributed by atoms with Crippen molar-refractivity contribution in [3.8, 4) is 17.1 Å². The molecule has 6 rings (SSSR count). The van der Waals surface area contributed by atoms with E-state index in [4.69, 9.17) is 0 Å². The van der Waals surface area contributed by atoms with E-state index in [9.17, 15) is 22.8 Å². The molecule has 0 saturated carbocycles. The van der Waals surface area contributed by atoms with Gasteiger partial charge in [0.05, 0.1) is 17.7 Å². The lowest BCUT2D eigenvalue weighted by Gasteiger charge is -2.18. The minimum Gasteiger partial charge on any atom is -0.322 e. The van der Waals surface area contributed by atoms with E-state index in [-0.39, 0.29) is 18.2 Å². The van der Waals surface area contributed by atoms with E-state index in [1.165, 1.54) is 12.1 Å². The van der Waals surface area contributed by atoms with Gasteiger partial charge in [0.1, 0.15) is 0 Å². The summed E-state index contributed by atoms with van der Waals surface area (Å²) in [6.45, 7) is 4.46. The lowest BCUT2D eigenvalue weighted by Crippen LogP contribution is -2.30. The van der Waals surface area contributed by atoms with Crippen molar-refractivity contribution < 1.29 is 22.8 Å². The Morgan fingerprint density at radius 1 is 0.909 bits per heavy atom. The molecule has 0 atom stereocenters. The predicted octanol–water partition coefficient (Wildman–Crippen LogP) is 6.95. The molecule has 222 valence electrons. The number of rotatable bonds is 6. The molecule has 44 heavy (non-hydrogen) atoms. The molecule has 0 unspecified atom stereocenters. The summed E-state index contributed by atoms with van der Waals surface area (Å²) in [5, 5.41) is 2.90. The number of aryl methyl sites for hydroxylation is 2. The quantitative estimate of drug-likeness (QED) is 0.230. The van der Waals surface area contributed by atoms with Gasteiger partial charge in [0.25, 0.3) is 5.91 Å². The number of anilines is 2. The smallest absolute Gasteiger partial charge is 0.322 e. The second kappa shape index (κ2) is 11.4. The molecule has 0 bridgehead atoms. The van der Waals surface area contributed by atoms with Crippen LogP contribution in [0.4, 0.5) is 24.5 Å². The number of hydrogen-bond donors (Lipinski definition) is 1. The van der Waals surface area contributed by atoms with E-state index < -0.39 is 11.7 Å². The molecular formula is C34H28F3N5O2. The lowest BCUT2D eigenvalue weighted by atomic mass is 9.98. The number of amides is 2. The Hall–Kier alpha value is -5.25. The van der Waals surface area contributed by atoms with Gasteiger partial charge < -0.3 is 10.2 Å². The predicted molar refractivity (Wildman–Crippen MR) is 162 cm³/mol. The lowest BCUT2D eigenvalue weighted by molar-refractivity contribution is -0.137. The van der Waals surface area contributed by atoms with Gasteiger partial charge >= 0.3 is 6.18 Å². The maximum Gasteiger partial charge on any atom is 0.416 e. The van der Waals surface area contributed by atoms with Crippen LogP contribution in [0.5, 0.6) is 0 Å². The Morgan fingerprint density at radius 2 is 1.64 bits per heavy atom. The van der Waals surface area contributed by atoms with E-state index >= 15 is 0 Å². The molecule has 1 N–H and O–H groups in total. The normalized spacial score (nSPS) is 12.7. The fourth-order valence-corrected chi connectivity index (χ4v) is 5.53. The largest absolute Gasteiger partial charge is 0.416 e. The zero-order valence-corrected chi connectivity index (χ0v) is 24.0. The first-order valence-electron chi connectivity index (χ1n) is 14.1. The van der Waals surface area contributed by atoms with Crippen LogP contribution < -0.4 is 10.2 Å². The van der Waals surface area contributed by atoms with Crippen LogP contribution in [0, 0.1) is 13.8 Å². The minimum absolute atomic E-state index is 0.0865. The van der Waals surface area contributed by atoms with Gasteiger partial charge in [-0.25, -0.2) is 9.97 Å². The summed E-state index contributed by atoms with van der Waals surface area (Å²) in [4.78, 5) is 37.4. The monoisotopic (exact) mass is 595 g/mol. The zero-order valence-electron chi connectivity index (χ0n) is 24.0. The maximum absolute atomic E-state index is 13.3. The number of hydrogen-bond acceptors (Lipinski definition) is 4. The SMILES string of the molecule is Cc1ccc(C)n1-c1nccc(CC(=O)N2CCc3cc(NC(=O)c4ccccc4-c4ccc(C(F)(F)F)cc4)ccc32)n1. The van der Waals surface area contributed by atoms with Crippen molar-refractivity contribution in [1.29, 1.82) is 0 Å². The number of fused-ring (bicyclic) bond motifs is 1. The highest BCUT2D eigenvalue weighted by molar-refractivity contribution is 6.09. The molecule has 2 aromatic heterocycles. The Labute approximate surface area is 252 Å². The van der Waals surface area contributed by atoms with Crippen LogP contribution in [0.3, 0.4) is 0 Å². The van der Waals surface area contributed by atoms with Gasteiger partial charge in [-0.2, -0.15) is 13.2 Å². The molecule has 1 aliphatic rings. The molecule has 0 saturated heterocycles. The molecule has 5 aromatic rings. The Kier molecular flexibility index (Phi) is 7.50. The van der Waals surface area contributed by atoms with Crippen LogP contribution in [0.15, 0.2) is 91.1 Å². The number of nitrogens with one attached hydrogen (secondary N) is 1. The maximum atomic E-state index is 13.3. The van der Waals surface area contributed by atoms with Gasteiger partial charge in [0, 0.05) is 41.1 Å². The molecule has 0 fully saturated rings. The minimum atomic E-state index is -4.44. The van der Waals surface area contributed by atoms with Crippen LogP contribution in [0.1, 0.15) is 38.6 Å². The van der Waals surface area contributed by atoms with Crippen LogP contribution >= 0.6 is 0 Å². The first-order chi connectivity index (χ1) is 21.1. The van der Waals surface area contributed by atoms with Crippen molar-refractivity contribution in [2.75, 3.05) is 16.8 Å². The fraction of sp³-hybridized carbons (Fsp3) is 0.176. The number of carbonyl (C=O) groups excluding carboxylic acids is 2. The van der Waals surface area contributed by atoms with Crippen LogP contribution in [-0.2, 0) is 23.8 Å². The second-order valence-electron chi connectivity index (χ2n) is 10.7. The molecule has 0 radical (unpaired) electrons. The number of nitrogens with zero attached hydrogens (tertiary/aromatic N) is 4. The molecular weight excluding hydrogens is 567 g/mol. The van der Waals surface area contributed by atoms with Gasteiger partial charge in [-0.1, -0.05) is 30.3 Å². The molecule has 7 nitrogen and oxygen atoms in total. The van der Waals surface area contributed by atoms with Crippen molar-refractivity contribution in [2.24, 2.45) is 0 Å². The second-order valence-corrected chi connectivity index (χ2v) is 10.7. The molecule has 2 amide bonds. The summed E-state index contributed by atoms with van der Waals surface area (Å²) in [5.41, 5.74) is 5.50. The van der Waals surface area contributed by atoms with E-state index in [1.54, 1.807) is 47.5 Å².